The molecule has 0 aliphatic carbocycles. The van der Waals surface area contributed by atoms with Crippen LogP contribution in [0.1, 0.15) is 21.7 Å². The Morgan fingerprint density at radius 2 is 2.12 bits per heavy atom. The number of benzene rings is 1. The molecule has 0 unspecified atom stereocenters. The van der Waals surface area contributed by atoms with Crippen LogP contribution in [0.25, 0.3) is 5.69 Å². The molecule has 2 rings (SSSR count). The van der Waals surface area contributed by atoms with Gasteiger partial charge in [0, 0.05) is 10.7 Å². The minimum atomic E-state index is -1.04. The lowest BCUT2D eigenvalue weighted by atomic mass is 10.2. The van der Waals surface area contributed by atoms with Gasteiger partial charge in [0.15, 0.2) is 5.69 Å². The van der Waals surface area contributed by atoms with Crippen LogP contribution >= 0.6 is 11.6 Å². The molecule has 0 saturated carbocycles. The number of carboxylic acid groups (broad SMARTS) is 1. The van der Waals surface area contributed by atoms with Crippen molar-refractivity contribution in [1.82, 2.24) is 9.78 Å². The van der Waals surface area contributed by atoms with Gasteiger partial charge in [0.2, 0.25) is 0 Å². The van der Waals surface area contributed by atoms with Gasteiger partial charge in [0.1, 0.15) is 0 Å². The number of hydrogen-bond donors (Lipinski definition) is 1. The number of aryl methyl sites for hydroxylation is 1. The maximum atomic E-state index is 10.8. The molecule has 1 aromatic heterocycles. The maximum Gasteiger partial charge on any atom is 0.356 e. The normalized spacial score (nSPS) is 10.5. The predicted octanol–water partition coefficient (Wildman–Crippen LogP) is 2.84. The molecule has 0 radical (unpaired) electrons. The predicted molar refractivity (Wildman–Crippen MR) is 65.0 cm³/mol. The van der Waals surface area contributed by atoms with E-state index >= 15 is 0 Å². The molecule has 0 atom stereocenters. The fourth-order valence-corrected chi connectivity index (χ4v) is 1.82. The summed E-state index contributed by atoms with van der Waals surface area (Å²) < 4.78 is 1.59. The highest BCUT2D eigenvalue weighted by molar-refractivity contribution is 6.31. The van der Waals surface area contributed by atoms with Crippen LogP contribution in [0.5, 0.6) is 0 Å². The SMILES string of the molecule is Cc1c(Cl)cccc1-n1nc(C(=O)O)cc1C. The summed E-state index contributed by atoms with van der Waals surface area (Å²) in [7, 11) is 0. The Hall–Kier alpha value is -1.81. The van der Waals surface area contributed by atoms with Crippen molar-refractivity contribution in [3.63, 3.8) is 0 Å². The fraction of sp³-hybridized carbons (Fsp3) is 0.167. The number of halogens is 1. The van der Waals surface area contributed by atoms with Gasteiger partial charge >= 0.3 is 5.97 Å². The van der Waals surface area contributed by atoms with Gasteiger partial charge in [-0.1, -0.05) is 17.7 Å². The fourth-order valence-electron chi connectivity index (χ4n) is 1.65. The van der Waals surface area contributed by atoms with Crippen molar-refractivity contribution >= 4 is 17.6 Å². The Morgan fingerprint density at radius 3 is 2.71 bits per heavy atom. The molecule has 0 saturated heterocycles. The van der Waals surface area contributed by atoms with Crippen LogP contribution in [-0.4, -0.2) is 20.9 Å². The summed E-state index contributed by atoms with van der Waals surface area (Å²) in [6, 6.07) is 6.99. The van der Waals surface area contributed by atoms with Crippen LogP contribution in [0, 0.1) is 13.8 Å². The minimum Gasteiger partial charge on any atom is -0.476 e. The monoisotopic (exact) mass is 250 g/mol. The molecule has 0 amide bonds. The van der Waals surface area contributed by atoms with Crippen LogP contribution < -0.4 is 0 Å². The van der Waals surface area contributed by atoms with Gasteiger partial charge in [-0.05, 0) is 37.6 Å². The van der Waals surface area contributed by atoms with E-state index in [9.17, 15) is 4.79 Å². The van der Waals surface area contributed by atoms with E-state index in [2.05, 4.69) is 5.10 Å². The highest BCUT2D eigenvalue weighted by atomic mass is 35.5. The van der Waals surface area contributed by atoms with E-state index in [1.54, 1.807) is 17.7 Å². The zero-order chi connectivity index (χ0) is 12.6. The lowest BCUT2D eigenvalue weighted by Gasteiger charge is -2.08. The molecule has 0 aliphatic rings. The van der Waals surface area contributed by atoms with Crippen molar-refractivity contribution in [2.75, 3.05) is 0 Å². The second-order valence-corrected chi connectivity index (χ2v) is 4.18. The zero-order valence-electron chi connectivity index (χ0n) is 9.44. The topological polar surface area (TPSA) is 55.1 Å². The summed E-state index contributed by atoms with van der Waals surface area (Å²) in [6.07, 6.45) is 0. The van der Waals surface area contributed by atoms with Crippen molar-refractivity contribution in [3.8, 4) is 5.69 Å². The van der Waals surface area contributed by atoms with Gasteiger partial charge in [-0.3, -0.25) is 0 Å². The smallest absolute Gasteiger partial charge is 0.356 e. The molecule has 1 heterocycles. The second kappa shape index (κ2) is 4.22. The van der Waals surface area contributed by atoms with Crippen molar-refractivity contribution < 1.29 is 9.90 Å². The molecular weight excluding hydrogens is 240 g/mol. The van der Waals surface area contributed by atoms with Crippen LogP contribution in [0.2, 0.25) is 5.02 Å². The first-order valence-corrected chi connectivity index (χ1v) is 5.44. The summed E-state index contributed by atoms with van der Waals surface area (Å²) in [6.45, 7) is 3.68. The standard InChI is InChI=1S/C12H11ClN2O2/c1-7-6-10(12(16)17)14-15(7)11-5-3-4-9(13)8(11)2/h3-6H,1-2H3,(H,16,17). The number of rotatable bonds is 2. The quantitative estimate of drug-likeness (QED) is 0.892. The molecule has 17 heavy (non-hydrogen) atoms. The average Bonchev–Trinajstić information content (AvgIpc) is 2.65. The molecule has 0 aliphatic heterocycles. The van der Waals surface area contributed by atoms with Crippen molar-refractivity contribution in [3.05, 3.63) is 46.2 Å². The molecule has 5 heteroatoms. The van der Waals surface area contributed by atoms with Crippen LogP contribution in [0.4, 0.5) is 0 Å². The highest BCUT2D eigenvalue weighted by Gasteiger charge is 2.13. The third-order valence-electron chi connectivity index (χ3n) is 2.57. The number of hydrogen-bond acceptors (Lipinski definition) is 2. The molecule has 0 spiro atoms. The summed E-state index contributed by atoms with van der Waals surface area (Å²) in [5.74, 6) is -1.04. The van der Waals surface area contributed by atoms with E-state index in [0.29, 0.717) is 5.02 Å². The molecule has 0 fully saturated rings. The number of nitrogens with zero attached hydrogens (tertiary/aromatic N) is 2. The maximum absolute atomic E-state index is 10.8. The Balaban J connectivity index is 2.60. The lowest BCUT2D eigenvalue weighted by molar-refractivity contribution is 0.0690. The van der Waals surface area contributed by atoms with Gasteiger partial charge in [0.05, 0.1) is 5.69 Å². The molecule has 1 aromatic carbocycles. The van der Waals surface area contributed by atoms with E-state index in [1.807, 2.05) is 19.1 Å². The Morgan fingerprint density at radius 1 is 1.41 bits per heavy atom. The lowest BCUT2D eigenvalue weighted by Crippen LogP contribution is -2.04. The molecular formula is C12H11ClN2O2. The number of aromatic nitrogens is 2. The van der Waals surface area contributed by atoms with E-state index in [0.717, 1.165) is 16.9 Å². The van der Waals surface area contributed by atoms with Crippen molar-refractivity contribution in [2.45, 2.75) is 13.8 Å². The van der Waals surface area contributed by atoms with Crippen molar-refractivity contribution in [1.29, 1.82) is 0 Å². The average molecular weight is 251 g/mol. The first kappa shape index (κ1) is 11.7. The van der Waals surface area contributed by atoms with Gasteiger partial charge in [-0.15, -0.1) is 0 Å². The second-order valence-electron chi connectivity index (χ2n) is 3.77. The summed E-state index contributed by atoms with van der Waals surface area (Å²) >= 11 is 6.03. The number of aromatic carboxylic acids is 1. The van der Waals surface area contributed by atoms with Crippen LogP contribution in [-0.2, 0) is 0 Å². The third-order valence-corrected chi connectivity index (χ3v) is 2.98. The molecule has 0 bridgehead atoms. The Labute approximate surface area is 103 Å². The zero-order valence-corrected chi connectivity index (χ0v) is 10.2. The first-order chi connectivity index (χ1) is 8.00. The van der Waals surface area contributed by atoms with Gasteiger partial charge < -0.3 is 5.11 Å². The summed E-state index contributed by atoms with van der Waals surface area (Å²) in [5, 5.41) is 13.6. The van der Waals surface area contributed by atoms with Gasteiger partial charge in [-0.25, -0.2) is 9.48 Å². The largest absolute Gasteiger partial charge is 0.476 e. The minimum absolute atomic E-state index is 0.0295. The molecule has 4 nitrogen and oxygen atoms in total. The summed E-state index contributed by atoms with van der Waals surface area (Å²) in [5.41, 5.74) is 2.45. The van der Waals surface area contributed by atoms with E-state index in [-0.39, 0.29) is 5.69 Å². The number of carboxylic acids is 1. The third kappa shape index (κ3) is 2.03. The molecule has 1 N–H and O–H groups in total. The Bertz CT molecular complexity index is 590. The van der Waals surface area contributed by atoms with Crippen LogP contribution in [0.3, 0.4) is 0 Å². The van der Waals surface area contributed by atoms with E-state index < -0.39 is 5.97 Å². The van der Waals surface area contributed by atoms with Gasteiger partial charge in [0.25, 0.3) is 0 Å². The molecule has 2 aromatic rings. The molecule has 88 valence electrons. The van der Waals surface area contributed by atoms with Crippen LogP contribution in [0.15, 0.2) is 24.3 Å². The van der Waals surface area contributed by atoms with Crippen molar-refractivity contribution in [2.24, 2.45) is 0 Å². The van der Waals surface area contributed by atoms with Gasteiger partial charge in [-0.2, -0.15) is 5.10 Å². The highest BCUT2D eigenvalue weighted by Crippen LogP contribution is 2.23. The summed E-state index contributed by atoms with van der Waals surface area (Å²) in [4.78, 5) is 10.8. The number of carbonyl (C=O) groups is 1. The van der Waals surface area contributed by atoms with E-state index in [1.165, 1.54) is 6.07 Å². The Kier molecular flexibility index (Phi) is 2.90. The first-order valence-electron chi connectivity index (χ1n) is 5.06. The van der Waals surface area contributed by atoms with E-state index in [4.69, 9.17) is 16.7 Å².